The number of esters is 1. The summed E-state index contributed by atoms with van der Waals surface area (Å²) in [5.74, 6) is -0.0559. The van der Waals surface area contributed by atoms with Gasteiger partial charge in [0.05, 0.1) is 6.61 Å². The third-order valence-electron chi connectivity index (χ3n) is 1.94. The summed E-state index contributed by atoms with van der Waals surface area (Å²) in [7, 11) is 0. The van der Waals surface area contributed by atoms with Crippen molar-refractivity contribution >= 4 is 19.6 Å². The van der Waals surface area contributed by atoms with Crippen LogP contribution in [-0.4, -0.2) is 12.6 Å². The fraction of sp³-hybridized carbons (Fsp3) is 0.818. The van der Waals surface area contributed by atoms with Gasteiger partial charge in [0.2, 0.25) is 0 Å². The van der Waals surface area contributed by atoms with Gasteiger partial charge in [0, 0.05) is 6.42 Å². The molecule has 0 aromatic rings. The van der Waals surface area contributed by atoms with Gasteiger partial charge in [-0.15, -0.1) is 0 Å². The first-order valence-corrected chi connectivity index (χ1v) is 12.5. The predicted octanol–water partition coefficient (Wildman–Crippen LogP) is 3.96. The topological polar surface area (TPSA) is 26.3 Å². The van der Waals surface area contributed by atoms with E-state index in [9.17, 15) is 4.79 Å². The number of hydrogen-bond acceptors (Lipinski definition) is 2. The molecule has 0 heterocycles. The molecule has 0 atom stereocenters. The van der Waals surface area contributed by atoms with Gasteiger partial charge >= 0.3 is 35.9 Å². The molecule has 0 saturated carbocycles. The Bertz CT molecular complexity index is 132. The average molecular weight is 331 g/mol. The molecule has 15 heavy (non-hydrogen) atoms. The first-order chi connectivity index (χ1) is 7.31. The Morgan fingerprint density at radius 1 is 1.20 bits per heavy atom. The minimum atomic E-state index is -0.0559. The van der Waals surface area contributed by atoms with E-state index in [0.717, 1.165) is 19.3 Å². The van der Waals surface area contributed by atoms with E-state index in [0.29, 0.717) is 13.0 Å². The van der Waals surface area contributed by atoms with Crippen LogP contribution >= 0.6 is 13.6 Å². The molecule has 0 spiro atoms. The summed E-state index contributed by atoms with van der Waals surface area (Å²) >= 11 is 4.25. The Kier molecular flexibility index (Phi) is 20.3. The molecule has 0 aliphatic carbocycles. The van der Waals surface area contributed by atoms with Crippen LogP contribution in [0.25, 0.3) is 0 Å². The van der Waals surface area contributed by atoms with E-state index in [1.165, 1.54) is 35.6 Å². The molecule has 0 aliphatic heterocycles. The summed E-state index contributed by atoms with van der Waals surface area (Å²) in [4.78, 5) is 10.9. The van der Waals surface area contributed by atoms with Gasteiger partial charge in [0.1, 0.15) is 0 Å². The van der Waals surface area contributed by atoms with Crippen LogP contribution in [0.5, 0.6) is 0 Å². The fourth-order valence-corrected chi connectivity index (χ4v) is 1.21. The van der Waals surface area contributed by atoms with E-state index in [1.807, 2.05) is 6.92 Å². The Hall–Kier alpha value is 0.573. The van der Waals surface area contributed by atoms with Gasteiger partial charge in [0.15, 0.2) is 0 Å². The van der Waals surface area contributed by atoms with Crippen molar-refractivity contribution in [3.8, 4) is 0 Å². The molecular formula is C11H21BrO2Zn. The number of carbonyl (C=O) groups excluding carboxylic acids is 1. The first kappa shape index (κ1) is 18.0. The summed E-state index contributed by atoms with van der Waals surface area (Å²) in [6, 6.07) is 0. The standard InChI is InChI=1S/C11H21O2.BrH.Zn/c1-3-5-6-7-8-9-10-11(12)13-4-2;;/h1,3-10H2,2H3;1H;/q-1;;+2/p-1. The van der Waals surface area contributed by atoms with Crippen molar-refractivity contribution in [3.05, 3.63) is 6.92 Å². The minimum absolute atomic E-state index is 0.0559. The Morgan fingerprint density at radius 3 is 2.27 bits per heavy atom. The van der Waals surface area contributed by atoms with Crippen LogP contribution in [0.15, 0.2) is 0 Å². The van der Waals surface area contributed by atoms with Crippen LogP contribution < -0.4 is 0 Å². The van der Waals surface area contributed by atoms with Gasteiger partial charge < -0.3 is 11.7 Å². The van der Waals surface area contributed by atoms with E-state index >= 15 is 0 Å². The average Bonchev–Trinajstić information content (AvgIpc) is 2.26. The maximum absolute atomic E-state index is 10.9. The zero-order chi connectivity index (χ0) is 11.9. The van der Waals surface area contributed by atoms with E-state index in [2.05, 4.69) is 20.5 Å². The van der Waals surface area contributed by atoms with Crippen LogP contribution in [0.1, 0.15) is 51.9 Å². The molecule has 0 saturated heterocycles. The third-order valence-corrected chi connectivity index (χ3v) is 1.94. The number of carbonyl (C=O) groups is 1. The second-order valence-electron chi connectivity index (χ2n) is 3.18. The van der Waals surface area contributed by atoms with Crippen LogP contribution in [0.2, 0.25) is 0 Å². The Balaban J connectivity index is 0. The van der Waals surface area contributed by atoms with E-state index in [-0.39, 0.29) is 5.97 Å². The number of hydrogen-bond donors (Lipinski definition) is 0. The second kappa shape index (κ2) is 17.0. The molecule has 0 N–H and O–H groups in total. The molecule has 0 aromatic carbocycles. The summed E-state index contributed by atoms with van der Waals surface area (Å²) in [5.41, 5.74) is 0. The molecule has 86 valence electrons. The van der Waals surface area contributed by atoms with Crippen molar-refractivity contribution in [3.63, 3.8) is 0 Å². The molecule has 0 amide bonds. The first-order valence-electron chi connectivity index (χ1n) is 5.52. The number of ether oxygens (including phenoxy) is 1. The van der Waals surface area contributed by atoms with Crippen LogP contribution in [0.4, 0.5) is 0 Å². The monoisotopic (exact) mass is 328 g/mol. The van der Waals surface area contributed by atoms with Crippen LogP contribution in [-0.2, 0) is 25.9 Å². The quantitative estimate of drug-likeness (QED) is 0.291. The van der Waals surface area contributed by atoms with Crippen molar-refractivity contribution in [1.29, 1.82) is 0 Å². The zero-order valence-electron chi connectivity index (χ0n) is 9.77. The van der Waals surface area contributed by atoms with Crippen molar-refractivity contribution in [2.24, 2.45) is 0 Å². The SMILES string of the molecule is [CH2-]CCCCCCCC(=O)OCC.[Zn+][Br]. The molecule has 0 rings (SSSR count). The third kappa shape index (κ3) is 17.2. The van der Waals surface area contributed by atoms with Crippen molar-refractivity contribution in [2.45, 2.75) is 51.9 Å². The van der Waals surface area contributed by atoms with Gasteiger partial charge in [-0.05, 0) is 13.3 Å². The van der Waals surface area contributed by atoms with Gasteiger partial charge in [-0.2, -0.15) is 6.42 Å². The van der Waals surface area contributed by atoms with Gasteiger partial charge in [-0.3, -0.25) is 4.79 Å². The summed E-state index contributed by atoms with van der Waals surface area (Å²) < 4.78 is 4.82. The van der Waals surface area contributed by atoms with Crippen molar-refractivity contribution in [1.82, 2.24) is 0 Å². The molecule has 0 aliphatic rings. The van der Waals surface area contributed by atoms with E-state index < -0.39 is 0 Å². The number of halogens is 1. The zero-order valence-corrected chi connectivity index (χ0v) is 14.3. The number of unbranched alkanes of at least 4 members (excludes halogenated alkanes) is 5. The normalized spacial score (nSPS) is 9.13. The van der Waals surface area contributed by atoms with Crippen molar-refractivity contribution < 1.29 is 25.9 Å². The molecule has 0 fully saturated rings. The molecule has 2 nitrogen and oxygen atoms in total. The molecule has 0 unspecified atom stereocenters. The fourth-order valence-electron chi connectivity index (χ4n) is 1.21. The van der Waals surface area contributed by atoms with Gasteiger partial charge in [-0.25, -0.2) is 0 Å². The summed E-state index contributed by atoms with van der Waals surface area (Å²) in [5, 5.41) is 0. The van der Waals surface area contributed by atoms with Gasteiger partial charge in [0.25, 0.3) is 0 Å². The maximum atomic E-state index is 10.9. The van der Waals surface area contributed by atoms with E-state index in [4.69, 9.17) is 4.74 Å². The molecule has 0 aromatic heterocycles. The molecular weight excluding hydrogens is 309 g/mol. The van der Waals surface area contributed by atoms with Crippen LogP contribution in [0, 0.1) is 6.92 Å². The summed E-state index contributed by atoms with van der Waals surface area (Å²) in [6.45, 7) is 6.12. The number of rotatable bonds is 8. The Morgan fingerprint density at radius 2 is 1.73 bits per heavy atom. The van der Waals surface area contributed by atoms with Crippen LogP contribution in [0.3, 0.4) is 0 Å². The van der Waals surface area contributed by atoms with Gasteiger partial charge in [-0.1, -0.05) is 25.7 Å². The molecule has 0 bridgehead atoms. The van der Waals surface area contributed by atoms with E-state index in [1.54, 1.807) is 0 Å². The Labute approximate surface area is 111 Å². The second-order valence-corrected chi connectivity index (χ2v) is 3.18. The molecule has 4 heteroatoms. The summed E-state index contributed by atoms with van der Waals surface area (Å²) in [6.07, 6.45) is 7.38. The molecule has 0 radical (unpaired) electrons. The van der Waals surface area contributed by atoms with Crippen molar-refractivity contribution in [2.75, 3.05) is 6.61 Å². The predicted molar refractivity (Wildman–Crippen MR) is 63.2 cm³/mol.